The van der Waals surface area contributed by atoms with Crippen LogP contribution < -0.4 is 16.2 Å². The first-order chi connectivity index (χ1) is 13.3. The van der Waals surface area contributed by atoms with Gasteiger partial charge in [-0.2, -0.15) is 0 Å². The number of aldehydes is 1. The fraction of sp³-hybridized carbons (Fsp3) is 0.591. The van der Waals surface area contributed by atoms with Gasteiger partial charge in [-0.3, -0.25) is 9.59 Å². The second-order valence-electron chi connectivity index (χ2n) is 8.10. The Morgan fingerprint density at radius 2 is 1.46 bits per heavy atom. The number of nitrogens with one attached hydrogen (secondary N) is 3. The van der Waals surface area contributed by atoms with Crippen molar-refractivity contribution in [1.82, 2.24) is 16.2 Å². The molecule has 0 aliphatic carbocycles. The molecule has 156 valence electrons. The van der Waals surface area contributed by atoms with Gasteiger partial charge in [-0.25, -0.2) is 10.9 Å². The highest BCUT2D eigenvalue weighted by molar-refractivity contribution is 6.41. The summed E-state index contributed by atoms with van der Waals surface area (Å²) < 4.78 is 0. The molecule has 1 aromatic rings. The van der Waals surface area contributed by atoms with Crippen LogP contribution in [0.25, 0.3) is 0 Å². The zero-order valence-electron chi connectivity index (χ0n) is 17.7. The summed E-state index contributed by atoms with van der Waals surface area (Å²) in [6.07, 6.45) is 2.44. The van der Waals surface area contributed by atoms with E-state index < -0.39 is 29.7 Å². The summed E-state index contributed by atoms with van der Waals surface area (Å²) in [5, 5.41) is 2.97. The lowest BCUT2D eigenvalue weighted by molar-refractivity contribution is -0.139. The van der Waals surface area contributed by atoms with E-state index in [1.54, 1.807) is 7.05 Å². The summed E-state index contributed by atoms with van der Waals surface area (Å²) in [7, 11) is 1.69. The van der Waals surface area contributed by atoms with Crippen LogP contribution >= 0.6 is 0 Å². The van der Waals surface area contributed by atoms with Crippen molar-refractivity contribution < 1.29 is 14.4 Å². The minimum absolute atomic E-state index is 0.220. The summed E-state index contributed by atoms with van der Waals surface area (Å²) in [6, 6.07) is 7.97. The SMILES string of the molecule is CN[C@@H](Cc1ccccc1)C(=O)C(=O)[C@H](CC(C)C)NN[C@H](C=O)CC(C)C. The Morgan fingerprint density at radius 1 is 0.893 bits per heavy atom. The summed E-state index contributed by atoms with van der Waals surface area (Å²) in [4.78, 5) is 37.0. The molecule has 0 aromatic heterocycles. The monoisotopic (exact) mass is 389 g/mol. The quantitative estimate of drug-likeness (QED) is 0.257. The first-order valence-electron chi connectivity index (χ1n) is 10.0. The molecule has 0 saturated carbocycles. The molecular weight excluding hydrogens is 354 g/mol. The molecule has 0 spiro atoms. The maximum atomic E-state index is 12.9. The fourth-order valence-electron chi connectivity index (χ4n) is 3.09. The first kappa shape index (κ1) is 24.1. The molecule has 0 unspecified atom stereocenters. The highest BCUT2D eigenvalue weighted by Crippen LogP contribution is 2.10. The van der Waals surface area contributed by atoms with Gasteiger partial charge in [0.1, 0.15) is 6.29 Å². The molecule has 0 heterocycles. The van der Waals surface area contributed by atoms with Crippen LogP contribution in [0.4, 0.5) is 0 Å². The zero-order chi connectivity index (χ0) is 21.1. The van der Waals surface area contributed by atoms with Crippen LogP contribution in [0.3, 0.4) is 0 Å². The number of ketones is 2. The van der Waals surface area contributed by atoms with Crippen molar-refractivity contribution in [3.8, 4) is 0 Å². The predicted octanol–water partition coefficient (Wildman–Crippen LogP) is 2.08. The lowest BCUT2D eigenvalue weighted by Crippen LogP contribution is -2.55. The predicted molar refractivity (Wildman–Crippen MR) is 112 cm³/mol. The Kier molecular flexibility index (Phi) is 10.8. The lowest BCUT2D eigenvalue weighted by atomic mass is 9.93. The molecule has 0 aliphatic rings. The smallest absolute Gasteiger partial charge is 0.218 e. The molecule has 0 fully saturated rings. The van der Waals surface area contributed by atoms with Gasteiger partial charge < -0.3 is 10.1 Å². The highest BCUT2D eigenvalue weighted by atomic mass is 16.2. The number of hydrogen-bond donors (Lipinski definition) is 3. The van der Waals surface area contributed by atoms with Crippen LogP contribution in [-0.4, -0.2) is 43.0 Å². The van der Waals surface area contributed by atoms with Gasteiger partial charge in [0.2, 0.25) is 11.6 Å². The summed E-state index contributed by atoms with van der Waals surface area (Å²) in [6.45, 7) is 8.05. The molecular formula is C22H35N3O3. The van der Waals surface area contributed by atoms with Gasteiger partial charge in [-0.15, -0.1) is 0 Å². The molecule has 3 N–H and O–H groups in total. The summed E-state index contributed by atoms with van der Waals surface area (Å²) in [5.41, 5.74) is 6.88. The Balaban J connectivity index is 2.82. The van der Waals surface area contributed by atoms with Crippen LogP contribution in [0, 0.1) is 11.8 Å². The van der Waals surface area contributed by atoms with E-state index in [-0.39, 0.29) is 5.92 Å². The normalized spacial score (nSPS) is 14.7. The average Bonchev–Trinajstić information content (AvgIpc) is 2.67. The van der Waals surface area contributed by atoms with Gasteiger partial charge in [0.05, 0.1) is 18.1 Å². The molecule has 0 radical (unpaired) electrons. The molecule has 28 heavy (non-hydrogen) atoms. The van der Waals surface area contributed by atoms with Gasteiger partial charge in [-0.05, 0) is 43.7 Å². The van der Waals surface area contributed by atoms with E-state index in [1.165, 1.54) is 0 Å². The summed E-state index contributed by atoms with van der Waals surface area (Å²) >= 11 is 0. The van der Waals surface area contributed by atoms with Crippen molar-refractivity contribution in [3.05, 3.63) is 35.9 Å². The van der Waals surface area contributed by atoms with Crippen LogP contribution in [0.15, 0.2) is 30.3 Å². The minimum atomic E-state index is -0.672. The zero-order valence-corrected chi connectivity index (χ0v) is 17.7. The molecule has 6 nitrogen and oxygen atoms in total. The van der Waals surface area contributed by atoms with Gasteiger partial charge in [-0.1, -0.05) is 58.0 Å². The van der Waals surface area contributed by atoms with E-state index in [0.717, 1.165) is 11.8 Å². The standard InChI is InChI=1S/C22H35N3O3/c1-15(2)11-18(14-26)24-25-20(12-16(3)4)22(28)21(27)19(23-5)13-17-9-7-6-8-10-17/h6-10,14-16,18-20,23-25H,11-13H2,1-5H3/t18-,19-,20-/m0/s1. The number of hydrazine groups is 1. The largest absolute Gasteiger partial charge is 0.310 e. The molecule has 0 saturated heterocycles. The second-order valence-corrected chi connectivity index (χ2v) is 8.10. The van der Waals surface area contributed by atoms with Crippen molar-refractivity contribution in [2.45, 2.75) is 65.1 Å². The first-order valence-corrected chi connectivity index (χ1v) is 10.0. The van der Waals surface area contributed by atoms with Crippen molar-refractivity contribution in [1.29, 1.82) is 0 Å². The third kappa shape index (κ3) is 8.42. The van der Waals surface area contributed by atoms with Gasteiger partial charge in [0.15, 0.2) is 0 Å². The Morgan fingerprint density at radius 3 is 1.96 bits per heavy atom. The third-order valence-electron chi connectivity index (χ3n) is 4.55. The van der Waals surface area contributed by atoms with E-state index in [2.05, 4.69) is 16.2 Å². The fourth-order valence-corrected chi connectivity index (χ4v) is 3.09. The van der Waals surface area contributed by atoms with E-state index in [1.807, 2.05) is 58.0 Å². The molecule has 0 aliphatic heterocycles. The Bertz CT molecular complexity index is 617. The van der Waals surface area contributed by atoms with Gasteiger partial charge >= 0.3 is 0 Å². The maximum absolute atomic E-state index is 12.9. The number of hydrogen-bond acceptors (Lipinski definition) is 6. The number of benzene rings is 1. The van der Waals surface area contributed by atoms with Crippen LogP contribution in [-0.2, 0) is 20.8 Å². The van der Waals surface area contributed by atoms with Crippen molar-refractivity contribution in [3.63, 3.8) is 0 Å². The number of carbonyl (C=O) groups excluding carboxylic acids is 3. The highest BCUT2D eigenvalue weighted by Gasteiger charge is 2.31. The number of rotatable bonds is 14. The number of carbonyl (C=O) groups is 3. The minimum Gasteiger partial charge on any atom is -0.310 e. The average molecular weight is 390 g/mol. The molecule has 6 heteroatoms. The van der Waals surface area contributed by atoms with Gasteiger partial charge in [0, 0.05) is 0 Å². The van der Waals surface area contributed by atoms with E-state index >= 15 is 0 Å². The number of likely N-dealkylation sites (N-methyl/N-ethyl adjacent to an activating group) is 1. The maximum Gasteiger partial charge on any atom is 0.218 e. The van der Waals surface area contributed by atoms with E-state index in [9.17, 15) is 14.4 Å². The van der Waals surface area contributed by atoms with Crippen molar-refractivity contribution >= 4 is 17.9 Å². The van der Waals surface area contributed by atoms with Crippen LogP contribution in [0.1, 0.15) is 46.1 Å². The molecule has 1 aromatic carbocycles. The summed E-state index contributed by atoms with van der Waals surface area (Å²) in [5.74, 6) is -0.355. The van der Waals surface area contributed by atoms with Crippen molar-refractivity contribution in [2.75, 3.05) is 7.05 Å². The Labute approximate surface area is 168 Å². The third-order valence-corrected chi connectivity index (χ3v) is 4.55. The Hall–Kier alpha value is -1.89. The van der Waals surface area contributed by atoms with Crippen LogP contribution in [0.5, 0.6) is 0 Å². The van der Waals surface area contributed by atoms with Crippen LogP contribution in [0.2, 0.25) is 0 Å². The molecule has 3 atom stereocenters. The number of Topliss-reactive ketones (excluding diaryl/α,β-unsaturated/α-hetero) is 2. The van der Waals surface area contributed by atoms with E-state index in [0.29, 0.717) is 25.2 Å². The lowest BCUT2D eigenvalue weighted by Gasteiger charge is -2.24. The van der Waals surface area contributed by atoms with E-state index in [4.69, 9.17) is 0 Å². The van der Waals surface area contributed by atoms with Gasteiger partial charge in [0.25, 0.3) is 0 Å². The van der Waals surface area contributed by atoms with Crippen molar-refractivity contribution in [2.24, 2.45) is 11.8 Å². The molecule has 0 amide bonds. The molecule has 1 rings (SSSR count). The molecule has 0 bridgehead atoms. The second kappa shape index (κ2) is 12.5. The topological polar surface area (TPSA) is 87.3 Å².